The second kappa shape index (κ2) is 6.10. The highest BCUT2D eigenvalue weighted by Gasteiger charge is 2.38. The Morgan fingerprint density at radius 3 is 2.12 bits per heavy atom. The zero-order valence-electron chi connectivity index (χ0n) is 10.00. The second-order valence-corrected chi connectivity index (χ2v) is 5.61. The summed E-state index contributed by atoms with van der Waals surface area (Å²) in [6.45, 7) is 4.95. The molecule has 0 heterocycles. The first-order chi connectivity index (χ1) is 7.16. The number of nitrogens with zero attached hydrogens (tertiary/aromatic N) is 1. The first kappa shape index (κ1) is 16.0. The van der Waals surface area contributed by atoms with Gasteiger partial charge in [0, 0.05) is 0 Å². The fraction of sp³-hybridized carbons (Fsp3) is 1.00. The zero-order valence-corrected chi connectivity index (χ0v) is 10.9. The summed E-state index contributed by atoms with van der Waals surface area (Å²) < 4.78 is 10.9. The van der Waals surface area contributed by atoms with Crippen LogP contribution in [0.15, 0.2) is 0 Å². The van der Waals surface area contributed by atoms with Crippen LogP contribution in [-0.4, -0.2) is 43.1 Å². The molecule has 0 rings (SSSR count). The van der Waals surface area contributed by atoms with E-state index in [1.807, 2.05) is 6.92 Å². The molecule has 0 aromatic carbocycles. The molecule has 16 heavy (non-hydrogen) atoms. The first-order valence-corrected chi connectivity index (χ1v) is 7.17. The summed E-state index contributed by atoms with van der Waals surface area (Å²) in [4.78, 5) is 18.9. The van der Waals surface area contributed by atoms with Crippen molar-refractivity contribution in [1.82, 2.24) is 4.90 Å². The summed E-state index contributed by atoms with van der Waals surface area (Å²) >= 11 is 0. The topological polar surface area (TPSA) is 101 Å². The minimum atomic E-state index is -4.30. The third kappa shape index (κ3) is 4.91. The summed E-state index contributed by atoms with van der Waals surface area (Å²) in [7, 11) is -4.30. The fourth-order valence-electron chi connectivity index (χ4n) is 1.72. The maximum Gasteiger partial charge on any atom is 0.339 e. The van der Waals surface area contributed by atoms with Gasteiger partial charge in [0.1, 0.15) is 18.2 Å². The average Bonchev–Trinajstić information content (AvgIpc) is 2.12. The Morgan fingerprint density at radius 1 is 1.38 bits per heavy atom. The maximum absolute atomic E-state index is 10.9. The van der Waals surface area contributed by atoms with Gasteiger partial charge in [-0.2, -0.15) is 0 Å². The number of hydrogen-bond donors (Lipinski definition) is 4. The molecule has 0 saturated heterocycles. The Hall–Kier alpha value is 0.0300. The number of hydrogen-bond acceptors (Lipinski definition) is 4. The third-order valence-corrected chi connectivity index (χ3v) is 3.21. The molecule has 0 aromatic heterocycles. The average molecular weight is 255 g/mol. The minimum Gasteiger partial charge on any atom is -0.379 e. The molecule has 7 heteroatoms. The minimum absolute atomic E-state index is 0.297. The van der Waals surface area contributed by atoms with E-state index in [1.165, 1.54) is 6.92 Å². The summed E-state index contributed by atoms with van der Waals surface area (Å²) in [5.74, 6) is 0. The molecule has 0 saturated carbocycles. The van der Waals surface area contributed by atoms with Crippen molar-refractivity contribution in [2.75, 3.05) is 6.29 Å². The molecule has 2 atom stereocenters. The predicted molar refractivity (Wildman–Crippen MR) is 60.6 cm³/mol. The smallest absolute Gasteiger partial charge is 0.339 e. The number of rotatable bonds is 7. The van der Waals surface area contributed by atoms with Gasteiger partial charge in [0.2, 0.25) is 0 Å². The van der Waals surface area contributed by atoms with E-state index in [0.717, 1.165) is 4.90 Å². The van der Waals surface area contributed by atoms with Crippen molar-refractivity contribution in [2.45, 2.75) is 52.0 Å². The van der Waals surface area contributed by atoms with Crippen LogP contribution < -0.4 is 0 Å². The molecule has 0 radical (unpaired) electrons. The van der Waals surface area contributed by atoms with Gasteiger partial charge in [-0.25, -0.2) is 4.90 Å². The highest BCUT2D eigenvalue weighted by atomic mass is 31.2. The molecule has 0 aliphatic carbocycles. The van der Waals surface area contributed by atoms with Gasteiger partial charge in [-0.05, 0) is 19.8 Å². The molecule has 2 unspecified atom stereocenters. The Kier molecular flexibility index (Phi) is 6.11. The van der Waals surface area contributed by atoms with Gasteiger partial charge in [0.15, 0.2) is 0 Å². The lowest BCUT2D eigenvalue weighted by Gasteiger charge is -2.40. The van der Waals surface area contributed by atoms with Crippen molar-refractivity contribution in [2.24, 2.45) is 0 Å². The lowest BCUT2D eigenvalue weighted by atomic mass is 10.0. The van der Waals surface area contributed by atoms with E-state index < -0.39 is 25.8 Å². The van der Waals surface area contributed by atoms with E-state index in [2.05, 4.69) is 0 Å². The van der Waals surface area contributed by atoms with Crippen molar-refractivity contribution in [1.29, 1.82) is 0 Å². The van der Waals surface area contributed by atoms with Crippen LogP contribution in [0.25, 0.3) is 0 Å². The Bertz CT molecular complexity index is 254. The number of aliphatic hydroxyl groups is 2. The fourth-order valence-corrected chi connectivity index (χ4v) is 2.62. The molecule has 0 spiro atoms. The molecule has 0 bridgehead atoms. The van der Waals surface area contributed by atoms with Crippen molar-refractivity contribution < 1.29 is 24.6 Å². The van der Waals surface area contributed by atoms with Gasteiger partial charge in [-0.1, -0.05) is 20.3 Å². The maximum atomic E-state index is 10.9. The van der Waals surface area contributed by atoms with Crippen LogP contribution in [0.1, 0.15) is 40.0 Å². The Labute approximate surface area is 96.1 Å². The van der Waals surface area contributed by atoms with Crippen molar-refractivity contribution in [3.8, 4) is 0 Å². The van der Waals surface area contributed by atoms with Gasteiger partial charge in [0.25, 0.3) is 0 Å². The molecular formula is C9H22NO5P. The van der Waals surface area contributed by atoms with E-state index in [0.29, 0.717) is 19.3 Å². The van der Waals surface area contributed by atoms with E-state index in [9.17, 15) is 14.8 Å². The number of aliphatic hydroxyl groups excluding tert-OH is 1. The van der Waals surface area contributed by atoms with Gasteiger partial charge in [-0.3, -0.25) is 4.57 Å². The molecule has 0 amide bonds. The molecule has 0 aliphatic rings. The van der Waals surface area contributed by atoms with Gasteiger partial charge in [-0.15, -0.1) is 0 Å². The molecular weight excluding hydrogens is 233 g/mol. The van der Waals surface area contributed by atoms with Crippen molar-refractivity contribution in [3.63, 3.8) is 0 Å². The summed E-state index contributed by atoms with van der Waals surface area (Å²) in [6, 6.07) is 0. The molecule has 4 N–H and O–H groups in total. The highest BCUT2D eigenvalue weighted by Crippen LogP contribution is 2.39. The van der Waals surface area contributed by atoms with E-state index >= 15 is 0 Å². The Balaban J connectivity index is 4.94. The molecule has 0 aromatic rings. The predicted octanol–water partition coefficient (Wildman–Crippen LogP) is 0.661. The van der Waals surface area contributed by atoms with E-state index in [-0.39, 0.29) is 0 Å². The van der Waals surface area contributed by atoms with Crippen LogP contribution in [-0.2, 0) is 4.57 Å². The molecule has 6 nitrogen and oxygen atoms in total. The van der Waals surface area contributed by atoms with Crippen molar-refractivity contribution in [3.05, 3.63) is 0 Å². The molecule has 0 aliphatic heterocycles. The first-order valence-electron chi connectivity index (χ1n) is 5.38. The van der Waals surface area contributed by atoms with Gasteiger partial charge >= 0.3 is 7.60 Å². The standard InChI is InChI=1S/C9H22NO5P/c1-4-6-9(12,5-2)10(8(3)11)7-16(13,14)15/h8,11-12H,4-7H2,1-3H3,(H2,13,14,15). The van der Waals surface area contributed by atoms with Crippen LogP contribution in [0.4, 0.5) is 0 Å². The third-order valence-electron chi connectivity index (χ3n) is 2.54. The highest BCUT2D eigenvalue weighted by molar-refractivity contribution is 7.51. The SMILES string of the molecule is CCCC(O)(CC)N(CP(=O)(O)O)C(C)O. The summed E-state index contributed by atoms with van der Waals surface area (Å²) in [5, 5.41) is 19.7. The second-order valence-electron chi connectivity index (χ2n) is 3.99. The quantitative estimate of drug-likeness (QED) is 0.394. The lowest BCUT2D eigenvalue weighted by molar-refractivity contribution is -0.170. The summed E-state index contributed by atoms with van der Waals surface area (Å²) in [5.41, 5.74) is -1.37. The van der Waals surface area contributed by atoms with Crippen LogP contribution in [0.2, 0.25) is 0 Å². The molecule has 0 fully saturated rings. The lowest BCUT2D eigenvalue weighted by Crippen LogP contribution is -2.52. The van der Waals surface area contributed by atoms with Crippen LogP contribution in [0.5, 0.6) is 0 Å². The van der Waals surface area contributed by atoms with E-state index in [4.69, 9.17) is 9.79 Å². The zero-order chi connectivity index (χ0) is 13.0. The van der Waals surface area contributed by atoms with Gasteiger partial charge in [0.05, 0.1) is 0 Å². The monoisotopic (exact) mass is 255 g/mol. The Morgan fingerprint density at radius 2 is 1.88 bits per heavy atom. The van der Waals surface area contributed by atoms with Crippen LogP contribution in [0.3, 0.4) is 0 Å². The van der Waals surface area contributed by atoms with Crippen molar-refractivity contribution >= 4 is 7.60 Å². The molecule has 98 valence electrons. The summed E-state index contributed by atoms with van der Waals surface area (Å²) in [6.07, 6.45) is -0.437. The van der Waals surface area contributed by atoms with Crippen LogP contribution in [0, 0.1) is 0 Å². The van der Waals surface area contributed by atoms with E-state index in [1.54, 1.807) is 6.92 Å². The largest absolute Gasteiger partial charge is 0.379 e. The van der Waals surface area contributed by atoms with Crippen LogP contribution >= 0.6 is 7.60 Å². The van der Waals surface area contributed by atoms with Gasteiger partial charge < -0.3 is 20.0 Å². The normalized spacial score (nSPS) is 18.5.